The van der Waals surface area contributed by atoms with Gasteiger partial charge in [0.1, 0.15) is 5.82 Å². The lowest BCUT2D eigenvalue weighted by molar-refractivity contribution is 0.0734. The average Bonchev–Trinajstić information content (AvgIpc) is 2.97. The number of rotatable bonds is 2. The van der Waals surface area contributed by atoms with E-state index < -0.39 is 0 Å². The summed E-state index contributed by atoms with van der Waals surface area (Å²) < 4.78 is 13.2. The van der Waals surface area contributed by atoms with E-state index in [4.69, 9.17) is 0 Å². The first-order valence-electron chi connectivity index (χ1n) is 7.14. The summed E-state index contributed by atoms with van der Waals surface area (Å²) in [5, 5.41) is 0. The normalized spacial score (nSPS) is 18.0. The van der Waals surface area contributed by atoms with Gasteiger partial charge in [0.05, 0.1) is 6.04 Å². The summed E-state index contributed by atoms with van der Waals surface area (Å²) in [6.07, 6.45) is 5.46. The van der Waals surface area contributed by atoms with Crippen molar-refractivity contribution in [2.24, 2.45) is 0 Å². The lowest BCUT2D eigenvalue weighted by Crippen LogP contribution is -2.31. The maximum absolute atomic E-state index is 13.2. The first-order chi connectivity index (χ1) is 10.2. The van der Waals surface area contributed by atoms with Gasteiger partial charge >= 0.3 is 0 Å². The molecule has 0 aliphatic carbocycles. The zero-order valence-corrected chi connectivity index (χ0v) is 11.9. The number of aryl methyl sites for hydroxylation is 1. The van der Waals surface area contributed by atoms with E-state index in [1.807, 2.05) is 23.2 Å². The van der Waals surface area contributed by atoms with Gasteiger partial charge in [-0.05, 0) is 55.2 Å². The van der Waals surface area contributed by atoms with Crippen molar-refractivity contribution in [2.75, 3.05) is 6.54 Å². The minimum atomic E-state index is -0.311. The molecule has 108 valence electrons. The Morgan fingerprint density at radius 1 is 1.38 bits per heavy atom. The van der Waals surface area contributed by atoms with Crippen molar-refractivity contribution in [3.63, 3.8) is 0 Å². The Morgan fingerprint density at radius 2 is 2.24 bits per heavy atom. The molecule has 0 N–H and O–H groups in total. The van der Waals surface area contributed by atoms with E-state index in [-0.39, 0.29) is 17.8 Å². The number of hydrogen-bond acceptors (Lipinski definition) is 2. The molecule has 2 aromatic rings. The van der Waals surface area contributed by atoms with Crippen LogP contribution >= 0.6 is 0 Å². The van der Waals surface area contributed by atoms with Crippen molar-refractivity contribution in [1.82, 2.24) is 9.88 Å². The predicted molar refractivity (Wildman–Crippen MR) is 78.4 cm³/mol. The van der Waals surface area contributed by atoms with Crippen LogP contribution in [0.2, 0.25) is 0 Å². The van der Waals surface area contributed by atoms with Crippen LogP contribution in [0.4, 0.5) is 4.39 Å². The number of carbonyl (C=O) groups excluding carboxylic acids is 1. The number of carbonyl (C=O) groups is 1. The van der Waals surface area contributed by atoms with Gasteiger partial charge in [0.25, 0.3) is 5.91 Å². The Kier molecular flexibility index (Phi) is 3.69. The summed E-state index contributed by atoms with van der Waals surface area (Å²) in [5.74, 6) is -0.340. The third-order valence-electron chi connectivity index (χ3n) is 4.00. The second kappa shape index (κ2) is 5.64. The van der Waals surface area contributed by atoms with Gasteiger partial charge in [-0.15, -0.1) is 0 Å². The lowest BCUT2D eigenvalue weighted by atomic mass is 10.0. The summed E-state index contributed by atoms with van der Waals surface area (Å²) in [5.41, 5.74) is 2.31. The molecule has 1 saturated heterocycles. The molecular weight excluding hydrogens is 267 g/mol. The van der Waals surface area contributed by atoms with E-state index in [9.17, 15) is 9.18 Å². The SMILES string of the molecule is Cc1cc(F)ccc1C(=O)N1CCCC1c1cccnc1. The molecule has 1 atom stereocenters. The highest BCUT2D eigenvalue weighted by Gasteiger charge is 2.31. The van der Waals surface area contributed by atoms with Crippen LogP contribution in [0.3, 0.4) is 0 Å². The Balaban J connectivity index is 1.90. The highest BCUT2D eigenvalue weighted by molar-refractivity contribution is 5.96. The minimum absolute atomic E-state index is 0.0288. The third kappa shape index (κ3) is 2.66. The summed E-state index contributed by atoms with van der Waals surface area (Å²) in [7, 11) is 0. The Labute approximate surface area is 123 Å². The quantitative estimate of drug-likeness (QED) is 0.845. The molecule has 1 fully saturated rings. The molecule has 0 spiro atoms. The number of halogens is 1. The van der Waals surface area contributed by atoms with Crippen LogP contribution in [0.15, 0.2) is 42.7 Å². The van der Waals surface area contributed by atoms with E-state index in [0.29, 0.717) is 11.1 Å². The van der Waals surface area contributed by atoms with Crippen molar-refractivity contribution in [3.05, 3.63) is 65.2 Å². The molecule has 0 bridgehead atoms. The van der Waals surface area contributed by atoms with E-state index in [0.717, 1.165) is 24.9 Å². The highest BCUT2D eigenvalue weighted by atomic mass is 19.1. The van der Waals surface area contributed by atoms with Crippen molar-refractivity contribution in [3.8, 4) is 0 Å². The number of hydrogen-bond donors (Lipinski definition) is 0. The third-order valence-corrected chi connectivity index (χ3v) is 4.00. The average molecular weight is 284 g/mol. The molecule has 1 amide bonds. The van der Waals surface area contributed by atoms with Crippen molar-refractivity contribution >= 4 is 5.91 Å². The number of nitrogens with zero attached hydrogens (tertiary/aromatic N) is 2. The van der Waals surface area contributed by atoms with Crippen molar-refractivity contribution < 1.29 is 9.18 Å². The van der Waals surface area contributed by atoms with Crippen LogP contribution in [0.1, 0.15) is 40.4 Å². The second-order valence-corrected chi connectivity index (χ2v) is 5.40. The monoisotopic (exact) mass is 284 g/mol. The molecule has 1 aliphatic rings. The van der Waals surface area contributed by atoms with E-state index >= 15 is 0 Å². The number of likely N-dealkylation sites (tertiary alicyclic amines) is 1. The fourth-order valence-corrected chi connectivity index (χ4v) is 2.95. The molecule has 1 aromatic carbocycles. The van der Waals surface area contributed by atoms with Gasteiger partial charge in [0.15, 0.2) is 0 Å². The molecule has 1 aromatic heterocycles. The van der Waals surface area contributed by atoms with Crippen LogP contribution in [0.5, 0.6) is 0 Å². The maximum Gasteiger partial charge on any atom is 0.254 e. The number of benzene rings is 1. The zero-order valence-electron chi connectivity index (χ0n) is 11.9. The largest absolute Gasteiger partial charge is 0.332 e. The predicted octanol–water partition coefficient (Wildman–Crippen LogP) is 3.51. The molecule has 3 nitrogen and oxygen atoms in total. The number of amides is 1. The molecule has 0 radical (unpaired) electrons. The van der Waals surface area contributed by atoms with Crippen molar-refractivity contribution in [1.29, 1.82) is 0 Å². The van der Waals surface area contributed by atoms with Crippen LogP contribution in [0, 0.1) is 12.7 Å². The van der Waals surface area contributed by atoms with Crippen LogP contribution < -0.4 is 0 Å². The van der Waals surface area contributed by atoms with Gasteiger partial charge in [-0.25, -0.2) is 4.39 Å². The lowest BCUT2D eigenvalue weighted by Gasteiger charge is -2.25. The molecule has 1 unspecified atom stereocenters. The Hall–Kier alpha value is -2.23. The van der Waals surface area contributed by atoms with E-state index in [1.54, 1.807) is 19.2 Å². The molecular formula is C17H17FN2O. The number of pyridine rings is 1. The minimum Gasteiger partial charge on any atom is -0.332 e. The van der Waals surface area contributed by atoms with Gasteiger partial charge in [-0.3, -0.25) is 9.78 Å². The van der Waals surface area contributed by atoms with Crippen molar-refractivity contribution in [2.45, 2.75) is 25.8 Å². The molecule has 1 aliphatic heterocycles. The van der Waals surface area contributed by atoms with Gasteiger partial charge < -0.3 is 4.90 Å². The summed E-state index contributed by atoms with van der Waals surface area (Å²) in [6, 6.07) is 8.28. The summed E-state index contributed by atoms with van der Waals surface area (Å²) in [6.45, 7) is 2.50. The van der Waals surface area contributed by atoms with Crippen LogP contribution in [0.25, 0.3) is 0 Å². The zero-order chi connectivity index (χ0) is 14.8. The standard InChI is InChI=1S/C17H17FN2O/c1-12-10-14(18)6-7-15(12)17(21)20-9-3-5-16(20)13-4-2-8-19-11-13/h2,4,6-8,10-11,16H,3,5,9H2,1H3. The van der Waals surface area contributed by atoms with Crippen LogP contribution in [-0.2, 0) is 0 Å². The van der Waals surface area contributed by atoms with E-state index in [1.165, 1.54) is 12.1 Å². The first kappa shape index (κ1) is 13.7. The fraction of sp³-hybridized carbons (Fsp3) is 0.294. The van der Waals surface area contributed by atoms with E-state index in [2.05, 4.69) is 4.98 Å². The topological polar surface area (TPSA) is 33.2 Å². The Morgan fingerprint density at radius 3 is 2.95 bits per heavy atom. The molecule has 3 rings (SSSR count). The molecule has 2 heterocycles. The Bertz CT molecular complexity index is 657. The highest BCUT2D eigenvalue weighted by Crippen LogP contribution is 2.33. The molecule has 4 heteroatoms. The smallest absolute Gasteiger partial charge is 0.254 e. The number of aromatic nitrogens is 1. The molecule has 0 saturated carbocycles. The van der Waals surface area contributed by atoms with Gasteiger partial charge in [0.2, 0.25) is 0 Å². The maximum atomic E-state index is 13.2. The van der Waals surface area contributed by atoms with Gasteiger partial charge in [0, 0.05) is 24.5 Å². The van der Waals surface area contributed by atoms with Gasteiger partial charge in [-0.1, -0.05) is 6.07 Å². The van der Waals surface area contributed by atoms with Gasteiger partial charge in [-0.2, -0.15) is 0 Å². The molecule has 21 heavy (non-hydrogen) atoms. The fourth-order valence-electron chi connectivity index (χ4n) is 2.95. The first-order valence-corrected chi connectivity index (χ1v) is 7.14. The summed E-state index contributed by atoms with van der Waals surface area (Å²) >= 11 is 0. The summed E-state index contributed by atoms with van der Waals surface area (Å²) in [4.78, 5) is 18.8. The second-order valence-electron chi connectivity index (χ2n) is 5.40. The van der Waals surface area contributed by atoms with Crippen LogP contribution in [-0.4, -0.2) is 22.3 Å².